The fraction of sp³-hybridized carbons (Fsp3) is 0.500. The molecule has 1 nitrogen and oxygen atoms in total. The van der Waals surface area contributed by atoms with E-state index in [0.717, 1.165) is 24.0 Å². The highest BCUT2D eigenvalue weighted by molar-refractivity contribution is 6.01. The minimum Gasteiger partial charge on any atom is -0.299 e. The third-order valence-corrected chi connectivity index (χ3v) is 5.81. The highest BCUT2D eigenvalue weighted by Crippen LogP contribution is 2.68. The smallest absolute Gasteiger partial charge is 0.144 e. The topological polar surface area (TPSA) is 17.1 Å². The van der Waals surface area contributed by atoms with Crippen molar-refractivity contribution in [3.8, 4) is 0 Å². The Kier molecular flexibility index (Phi) is 2.54. The van der Waals surface area contributed by atoms with Gasteiger partial charge in [0.25, 0.3) is 0 Å². The summed E-state index contributed by atoms with van der Waals surface area (Å²) in [6.07, 6.45) is 2.90. The Hall–Kier alpha value is -1.37. The monoisotopic (exact) mass is 254 g/mol. The van der Waals surface area contributed by atoms with Gasteiger partial charge in [-0.05, 0) is 42.2 Å². The fourth-order valence-electron chi connectivity index (χ4n) is 4.39. The molecule has 0 radical (unpaired) electrons. The summed E-state index contributed by atoms with van der Waals surface area (Å²) in [6, 6.07) is 8.44. The van der Waals surface area contributed by atoms with Crippen molar-refractivity contribution in [1.82, 2.24) is 0 Å². The van der Waals surface area contributed by atoms with E-state index in [1.807, 2.05) is 0 Å². The highest BCUT2D eigenvalue weighted by atomic mass is 16.1. The number of hydrogen-bond donors (Lipinski definition) is 0. The number of aryl methyl sites for hydroxylation is 1. The predicted octanol–water partition coefficient (Wildman–Crippen LogP) is 4.40. The summed E-state index contributed by atoms with van der Waals surface area (Å²) >= 11 is 0. The minimum atomic E-state index is -0.313. The summed E-state index contributed by atoms with van der Waals surface area (Å²) in [6.45, 7) is 10.9. The quantitative estimate of drug-likeness (QED) is 0.764. The molecule has 2 aliphatic rings. The van der Waals surface area contributed by atoms with Gasteiger partial charge < -0.3 is 0 Å². The van der Waals surface area contributed by atoms with Crippen LogP contribution in [0.15, 0.2) is 30.8 Å². The molecule has 2 aliphatic carbocycles. The Morgan fingerprint density at radius 2 is 1.89 bits per heavy atom. The number of allylic oxidation sites excluding steroid dienone is 1. The van der Waals surface area contributed by atoms with E-state index in [9.17, 15) is 4.79 Å². The van der Waals surface area contributed by atoms with E-state index in [0.29, 0.717) is 11.7 Å². The van der Waals surface area contributed by atoms with Crippen LogP contribution in [0.4, 0.5) is 0 Å². The molecule has 0 spiro atoms. The van der Waals surface area contributed by atoms with E-state index in [4.69, 9.17) is 0 Å². The molecule has 2 atom stereocenters. The van der Waals surface area contributed by atoms with E-state index in [1.54, 1.807) is 0 Å². The van der Waals surface area contributed by atoms with Gasteiger partial charge in [0.2, 0.25) is 0 Å². The second-order valence-electron chi connectivity index (χ2n) is 6.83. The van der Waals surface area contributed by atoms with Gasteiger partial charge in [-0.1, -0.05) is 50.3 Å². The van der Waals surface area contributed by atoms with Crippen LogP contribution in [-0.4, -0.2) is 5.78 Å². The Morgan fingerprint density at radius 3 is 2.37 bits per heavy atom. The molecule has 0 amide bonds. The standard InChI is InChI=1S/C18H22O/c1-12-5-7-14(8-6-12)13(2)18-10-9-15(11-16(18)19)17(18,3)4/h5-8,15H,2,9-11H2,1,3-4H3. The molecule has 2 bridgehead atoms. The van der Waals surface area contributed by atoms with Crippen LogP contribution in [0.5, 0.6) is 0 Å². The van der Waals surface area contributed by atoms with Crippen molar-refractivity contribution < 1.29 is 4.79 Å². The lowest BCUT2D eigenvalue weighted by atomic mass is 9.63. The maximum absolute atomic E-state index is 12.6. The molecule has 0 aliphatic heterocycles. The third-order valence-electron chi connectivity index (χ3n) is 5.81. The minimum absolute atomic E-state index is 0.0616. The summed E-state index contributed by atoms with van der Waals surface area (Å²) in [4.78, 5) is 12.6. The molecule has 100 valence electrons. The molecule has 1 aromatic carbocycles. The first-order chi connectivity index (χ1) is 8.89. The molecule has 2 fully saturated rings. The van der Waals surface area contributed by atoms with Crippen LogP contribution in [0, 0.1) is 23.7 Å². The lowest BCUT2D eigenvalue weighted by molar-refractivity contribution is -0.125. The maximum Gasteiger partial charge on any atom is 0.144 e. The molecule has 0 saturated heterocycles. The molecule has 0 heterocycles. The van der Waals surface area contributed by atoms with Crippen molar-refractivity contribution in [3.63, 3.8) is 0 Å². The van der Waals surface area contributed by atoms with Crippen LogP contribution in [-0.2, 0) is 4.79 Å². The Balaban J connectivity index is 2.07. The van der Waals surface area contributed by atoms with Gasteiger partial charge >= 0.3 is 0 Å². The third kappa shape index (κ3) is 1.45. The molecule has 1 aromatic rings. The molecule has 1 heteroatoms. The van der Waals surface area contributed by atoms with E-state index >= 15 is 0 Å². The van der Waals surface area contributed by atoms with Crippen LogP contribution in [0.25, 0.3) is 5.57 Å². The first kappa shape index (κ1) is 12.7. The van der Waals surface area contributed by atoms with Crippen LogP contribution in [0.1, 0.15) is 44.2 Å². The van der Waals surface area contributed by atoms with Gasteiger partial charge in [0.15, 0.2) is 0 Å². The van der Waals surface area contributed by atoms with Crippen LogP contribution >= 0.6 is 0 Å². The lowest BCUT2D eigenvalue weighted by Crippen LogP contribution is -2.36. The van der Waals surface area contributed by atoms with Gasteiger partial charge in [-0.15, -0.1) is 0 Å². The van der Waals surface area contributed by atoms with Crippen LogP contribution < -0.4 is 0 Å². The Labute approximate surface area is 115 Å². The highest BCUT2D eigenvalue weighted by Gasteiger charge is 2.65. The predicted molar refractivity (Wildman–Crippen MR) is 78.8 cm³/mol. The number of hydrogen-bond acceptors (Lipinski definition) is 1. The van der Waals surface area contributed by atoms with Crippen molar-refractivity contribution >= 4 is 11.4 Å². The summed E-state index contributed by atoms with van der Waals surface area (Å²) < 4.78 is 0. The fourth-order valence-corrected chi connectivity index (χ4v) is 4.39. The molecule has 2 unspecified atom stereocenters. The Bertz CT molecular complexity index is 550. The summed E-state index contributed by atoms with van der Waals surface area (Å²) in [5.74, 6) is 0.960. The molecule has 3 rings (SSSR count). The first-order valence-corrected chi connectivity index (χ1v) is 7.19. The van der Waals surface area contributed by atoms with Crippen molar-refractivity contribution in [2.75, 3.05) is 0 Å². The SMILES string of the molecule is C=C(c1ccc(C)cc1)C12CCC(CC1=O)C2(C)C. The zero-order valence-corrected chi connectivity index (χ0v) is 12.1. The molecular weight excluding hydrogens is 232 g/mol. The number of ketones is 1. The largest absolute Gasteiger partial charge is 0.299 e. The summed E-state index contributed by atoms with van der Waals surface area (Å²) in [7, 11) is 0. The Morgan fingerprint density at radius 1 is 1.26 bits per heavy atom. The lowest BCUT2D eigenvalue weighted by Gasteiger charge is -2.38. The van der Waals surface area contributed by atoms with Crippen molar-refractivity contribution in [1.29, 1.82) is 0 Å². The van der Waals surface area contributed by atoms with Gasteiger partial charge in [0, 0.05) is 6.42 Å². The molecular formula is C18H22O. The van der Waals surface area contributed by atoms with Crippen LogP contribution in [0.3, 0.4) is 0 Å². The van der Waals surface area contributed by atoms with E-state index in [-0.39, 0.29) is 10.8 Å². The second-order valence-corrected chi connectivity index (χ2v) is 6.83. The van der Waals surface area contributed by atoms with Crippen LogP contribution in [0.2, 0.25) is 0 Å². The molecule has 0 N–H and O–H groups in total. The number of Topliss-reactive ketones (excluding diaryl/α,β-unsaturated/α-hetero) is 1. The van der Waals surface area contributed by atoms with Gasteiger partial charge in [0.05, 0.1) is 5.41 Å². The van der Waals surface area contributed by atoms with Gasteiger partial charge in [-0.25, -0.2) is 0 Å². The van der Waals surface area contributed by atoms with Crippen molar-refractivity contribution in [2.45, 2.75) is 40.0 Å². The average molecular weight is 254 g/mol. The summed E-state index contributed by atoms with van der Waals surface area (Å²) in [5, 5.41) is 0. The van der Waals surface area contributed by atoms with Gasteiger partial charge in [-0.2, -0.15) is 0 Å². The number of fused-ring (bicyclic) bond motifs is 2. The van der Waals surface area contributed by atoms with Gasteiger partial charge in [0.1, 0.15) is 5.78 Å². The summed E-state index contributed by atoms with van der Waals surface area (Å²) in [5.41, 5.74) is 3.17. The van der Waals surface area contributed by atoms with E-state index in [1.165, 1.54) is 12.0 Å². The zero-order chi connectivity index (χ0) is 13.8. The average Bonchev–Trinajstić information content (AvgIpc) is 2.73. The molecule has 2 saturated carbocycles. The first-order valence-electron chi connectivity index (χ1n) is 7.19. The molecule has 19 heavy (non-hydrogen) atoms. The van der Waals surface area contributed by atoms with E-state index < -0.39 is 0 Å². The van der Waals surface area contributed by atoms with E-state index in [2.05, 4.69) is 51.6 Å². The maximum atomic E-state index is 12.6. The number of carbonyl (C=O) groups is 1. The number of benzene rings is 1. The van der Waals surface area contributed by atoms with Gasteiger partial charge in [-0.3, -0.25) is 4.79 Å². The zero-order valence-electron chi connectivity index (χ0n) is 12.1. The normalized spacial score (nSPS) is 31.7. The second kappa shape index (κ2) is 3.82. The molecule has 0 aromatic heterocycles. The number of rotatable bonds is 2. The van der Waals surface area contributed by atoms with Crippen molar-refractivity contribution in [3.05, 3.63) is 42.0 Å². The van der Waals surface area contributed by atoms with Crippen molar-refractivity contribution in [2.24, 2.45) is 16.7 Å². The number of carbonyl (C=O) groups excluding carboxylic acids is 1.